The van der Waals surface area contributed by atoms with E-state index >= 15 is 0 Å². The third-order valence-electron chi connectivity index (χ3n) is 3.31. The first-order chi connectivity index (χ1) is 8.56. The van der Waals surface area contributed by atoms with Crippen molar-refractivity contribution in [2.45, 2.75) is 25.2 Å². The second kappa shape index (κ2) is 3.69. The van der Waals surface area contributed by atoms with E-state index in [1.54, 1.807) is 11.6 Å². The van der Waals surface area contributed by atoms with E-state index < -0.39 is 5.97 Å². The van der Waals surface area contributed by atoms with Crippen molar-refractivity contribution in [2.75, 3.05) is 0 Å². The molecular weight excluding hydrogens is 234 g/mol. The summed E-state index contributed by atoms with van der Waals surface area (Å²) in [5, 5.41) is 13.1. The normalized spacial score (nSPS) is 15.2. The van der Waals surface area contributed by atoms with Crippen LogP contribution in [0.15, 0.2) is 16.9 Å². The number of hydrogen-bond acceptors (Lipinski definition) is 3. The molecule has 1 N–H and O–H groups in total. The summed E-state index contributed by atoms with van der Waals surface area (Å²) < 4.78 is 3.06. The molecule has 18 heavy (non-hydrogen) atoms. The molecule has 0 spiro atoms. The minimum Gasteiger partial charge on any atom is -0.481 e. The van der Waals surface area contributed by atoms with E-state index in [0.717, 1.165) is 18.5 Å². The van der Waals surface area contributed by atoms with Gasteiger partial charge in [-0.15, -0.1) is 0 Å². The number of aryl methyl sites for hydroxylation is 1. The monoisotopic (exact) mass is 247 g/mol. The van der Waals surface area contributed by atoms with Gasteiger partial charge in [-0.05, 0) is 12.8 Å². The Bertz CT molecular complexity index is 694. The first kappa shape index (κ1) is 11.0. The second-order valence-corrected chi connectivity index (χ2v) is 4.72. The van der Waals surface area contributed by atoms with Gasteiger partial charge in [-0.3, -0.25) is 9.59 Å². The van der Waals surface area contributed by atoms with Gasteiger partial charge in [0.25, 0.3) is 5.56 Å². The molecule has 6 nitrogen and oxygen atoms in total. The lowest BCUT2D eigenvalue weighted by molar-refractivity contribution is -0.136. The zero-order chi connectivity index (χ0) is 12.9. The Labute approximate surface area is 102 Å². The zero-order valence-corrected chi connectivity index (χ0v) is 9.96. The standard InChI is InChI=1S/C12H13N3O3/c1-14-8(5-12(17)18)4-11(16)15-10(14)6-9(13-15)7-2-3-7/h4,6-7H,2-3,5H2,1H3,(H,17,18). The molecule has 2 aromatic rings. The van der Waals surface area contributed by atoms with E-state index in [0.29, 0.717) is 17.3 Å². The van der Waals surface area contributed by atoms with Gasteiger partial charge in [-0.2, -0.15) is 9.61 Å². The van der Waals surface area contributed by atoms with Crippen molar-refractivity contribution in [1.29, 1.82) is 0 Å². The van der Waals surface area contributed by atoms with Crippen LogP contribution in [0.1, 0.15) is 30.1 Å². The highest BCUT2D eigenvalue weighted by Crippen LogP contribution is 2.39. The Morgan fingerprint density at radius 2 is 2.22 bits per heavy atom. The number of fused-ring (bicyclic) bond motifs is 1. The summed E-state index contributed by atoms with van der Waals surface area (Å²) in [5.74, 6) is -0.483. The maximum absolute atomic E-state index is 11.9. The predicted octanol–water partition coefficient (Wildman–Crippen LogP) is 0.538. The largest absolute Gasteiger partial charge is 0.481 e. The van der Waals surface area contributed by atoms with Crippen molar-refractivity contribution in [3.05, 3.63) is 33.9 Å². The summed E-state index contributed by atoms with van der Waals surface area (Å²) in [7, 11) is 1.76. The Hall–Kier alpha value is -2.11. The first-order valence-electron chi connectivity index (χ1n) is 5.86. The Morgan fingerprint density at radius 3 is 2.83 bits per heavy atom. The van der Waals surface area contributed by atoms with Gasteiger partial charge in [-0.1, -0.05) is 0 Å². The summed E-state index contributed by atoms with van der Waals surface area (Å²) in [5.41, 5.74) is 1.80. The molecule has 6 heteroatoms. The van der Waals surface area contributed by atoms with E-state index in [4.69, 9.17) is 5.11 Å². The lowest BCUT2D eigenvalue weighted by Crippen LogP contribution is -2.21. The number of nitrogens with zero attached hydrogens (tertiary/aromatic N) is 3. The summed E-state index contributed by atoms with van der Waals surface area (Å²) in [6.45, 7) is 0. The van der Waals surface area contributed by atoms with Gasteiger partial charge in [0.2, 0.25) is 0 Å². The number of hydrogen-bond donors (Lipinski definition) is 1. The van der Waals surface area contributed by atoms with Gasteiger partial charge in [0.05, 0.1) is 12.1 Å². The first-order valence-corrected chi connectivity index (χ1v) is 5.86. The highest BCUT2D eigenvalue weighted by atomic mass is 16.4. The van der Waals surface area contributed by atoms with E-state index in [1.807, 2.05) is 6.07 Å². The molecule has 0 unspecified atom stereocenters. The quantitative estimate of drug-likeness (QED) is 0.858. The molecule has 0 atom stereocenters. The summed E-state index contributed by atoms with van der Waals surface area (Å²) in [6.07, 6.45) is 2.07. The van der Waals surface area contributed by atoms with Gasteiger partial charge in [0.15, 0.2) is 0 Å². The van der Waals surface area contributed by atoms with Crippen LogP contribution in [-0.2, 0) is 18.3 Å². The van der Waals surface area contributed by atoms with Gasteiger partial charge in [0, 0.05) is 30.8 Å². The third kappa shape index (κ3) is 1.70. The van der Waals surface area contributed by atoms with Crippen molar-refractivity contribution in [2.24, 2.45) is 7.05 Å². The molecule has 0 radical (unpaired) electrons. The summed E-state index contributed by atoms with van der Waals surface area (Å²) in [4.78, 5) is 22.6. The van der Waals surface area contributed by atoms with Crippen LogP contribution in [0.5, 0.6) is 0 Å². The molecule has 3 rings (SSSR count). The van der Waals surface area contributed by atoms with Crippen molar-refractivity contribution in [3.63, 3.8) is 0 Å². The van der Waals surface area contributed by atoms with E-state index in [9.17, 15) is 9.59 Å². The molecule has 1 aliphatic rings. The number of carboxylic acid groups (broad SMARTS) is 1. The molecule has 2 heterocycles. The SMILES string of the molecule is Cn1c(CC(=O)O)cc(=O)n2nc(C3CC3)cc12. The molecule has 1 saturated carbocycles. The molecule has 0 bridgehead atoms. The maximum atomic E-state index is 11.9. The smallest absolute Gasteiger partial charge is 0.309 e. The van der Waals surface area contributed by atoms with E-state index in [1.165, 1.54) is 10.6 Å². The van der Waals surface area contributed by atoms with Crippen LogP contribution in [0, 0.1) is 0 Å². The summed E-state index contributed by atoms with van der Waals surface area (Å²) in [6, 6.07) is 3.22. The average Bonchev–Trinajstić information content (AvgIpc) is 3.04. The number of aliphatic carboxylic acids is 1. The fourth-order valence-electron chi connectivity index (χ4n) is 2.14. The number of aromatic nitrogens is 3. The topological polar surface area (TPSA) is 76.6 Å². The molecule has 0 aromatic carbocycles. The molecule has 1 fully saturated rings. The highest BCUT2D eigenvalue weighted by molar-refractivity contribution is 5.69. The highest BCUT2D eigenvalue weighted by Gasteiger charge is 2.27. The average molecular weight is 247 g/mol. The van der Waals surface area contributed by atoms with E-state index in [2.05, 4.69) is 5.10 Å². The number of carbonyl (C=O) groups is 1. The second-order valence-electron chi connectivity index (χ2n) is 4.72. The van der Waals surface area contributed by atoms with Crippen LogP contribution in [0.25, 0.3) is 5.65 Å². The minimum atomic E-state index is -0.948. The predicted molar refractivity (Wildman–Crippen MR) is 63.7 cm³/mol. The van der Waals surface area contributed by atoms with Crippen molar-refractivity contribution in [1.82, 2.24) is 14.2 Å². The molecular formula is C12H13N3O3. The van der Waals surface area contributed by atoms with Crippen molar-refractivity contribution in [3.8, 4) is 0 Å². The molecule has 0 amide bonds. The Morgan fingerprint density at radius 1 is 1.50 bits per heavy atom. The van der Waals surface area contributed by atoms with Crippen LogP contribution in [-0.4, -0.2) is 25.3 Å². The Balaban J connectivity index is 2.20. The molecule has 2 aromatic heterocycles. The third-order valence-corrected chi connectivity index (χ3v) is 3.31. The van der Waals surface area contributed by atoms with Crippen LogP contribution < -0.4 is 5.56 Å². The van der Waals surface area contributed by atoms with Crippen molar-refractivity contribution >= 4 is 11.6 Å². The molecule has 1 aliphatic carbocycles. The lowest BCUT2D eigenvalue weighted by atomic mass is 10.3. The fraction of sp³-hybridized carbons (Fsp3) is 0.417. The van der Waals surface area contributed by atoms with E-state index in [-0.39, 0.29) is 12.0 Å². The van der Waals surface area contributed by atoms with Gasteiger partial charge >= 0.3 is 5.97 Å². The molecule has 0 saturated heterocycles. The number of rotatable bonds is 3. The van der Waals surface area contributed by atoms with Crippen LogP contribution >= 0.6 is 0 Å². The molecule has 0 aliphatic heterocycles. The summed E-state index contributed by atoms with van der Waals surface area (Å²) >= 11 is 0. The van der Waals surface area contributed by atoms with Gasteiger partial charge < -0.3 is 9.67 Å². The molecule has 94 valence electrons. The zero-order valence-electron chi connectivity index (χ0n) is 9.96. The minimum absolute atomic E-state index is 0.161. The number of carboxylic acids is 1. The fourth-order valence-corrected chi connectivity index (χ4v) is 2.14. The lowest BCUT2D eigenvalue weighted by Gasteiger charge is -2.07. The Kier molecular flexibility index (Phi) is 2.26. The maximum Gasteiger partial charge on any atom is 0.309 e. The van der Waals surface area contributed by atoms with Crippen LogP contribution in [0.2, 0.25) is 0 Å². The van der Waals surface area contributed by atoms with Gasteiger partial charge in [0.1, 0.15) is 5.65 Å². The van der Waals surface area contributed by atoms with Crippen LogP contribution in [0.4, 0.5) is 0 Å². The van der Waals surface area contributed by atoms with Crippen LogP contribution in [0.3, 0.4) is 0 Å². The van der Waals surface area contributed by atoms with Gasteiger partial charge in [-0.25, -0.2) is 0 Å². The van der Waals surface area contributed by atoms with Crippen molar-refractivity contribution < 1.29 is 9.90 Å².